The van der Waals surface area contributed by atoms with Gasteiger partial charge in [-0.2, -0.15) is 0 Å². The number of nitrogens with zero attached hydrogens (tertiary/aromatic N) is 1. The molecule has 0 bridgehead atoms. The zero-order valence-electron chi connectivity index (χ0n) is 9.48. The van der Waals surface area contributed by atoms with Gasteiger partial charge in [0.05, 0.1) is 18.3 Å². The van der Waals surface area contributed by atoms with Gasteiger partial charge < -0.3 is 9.64 Å². The van der Waals surface area contributed by atoms with Crippen LogP contribution in [0.25, 0.3) is 0 Å². The van der Waals surface area contributed by atoms with Crippen molar-refractivity contribution in [3.63, 3.8) is 0 Å². The van der Waals surface area contributed by atoms with Gasteiger partial charge in [0, 0.05) is 35.2 Å². The van der Waals surface area contributed by atoms with Gasteiger partial charge in [-0.25, -0.2) is 4.21 Å². The molecule has 2 rings (SSSR count). The lowest BCUT2D eigenvalue weighted by Gasteiger charge is -2.26. The molecular formula is C10H18N2O3S. The third-order valence-corrected chi connectivity index (χ3v) is 5.24. The summed E-state index contributed by atoms with van der Waals surface area (Å²) >= 11 is 0. The van der Waals surface area contributed by atoms with Gasteiger partial charge in [0.2, 0.25) is 5.91 Å². The SMILES string of the molecule is CN(C(=O)C1CCOC1)C1CCS(=N)(=O)C1. The number of carbonyl (C=O) groups is 1. The normalized spacial score (nSPS) is 38.8. The molecule has 2 aliphatic rings. The lowest BCUT2D eigenvalue weighted by Crippen LogP contribution is -2.41. The Morgan fingerprint density at radius 1 is 1.50 bits per heavy atom. The van der Waals surface area contributed by atoms with Crippen molar-refractivity contribution in [1.82, 2.24) is 4.90 Å². The van der Waals surface area contributed by atoms with E-state index < -0.39 is 9.73 Å². The molecule has 0 saturated carbocycles. The minimum absolute atomic E-state index is 0.0156. The lowest BCUT2D eigenvalue weighted by molar-refractivity contribution is -0.135. The van der Waals surface area contributed by atoms with E-state index in [0.29, 0.717) is 31.1 Å². The average Bonchev–Trinajstić information content (AvgIpc) is 2.84. The number of hydrogen-bond acceptors (Lipinski definition) is 4. The van der Waals surface area contributed by atoms with Crippen molar-refractivity contribution < 1.29 is 13.7 Å². The van der Waals surface area contributed by atoms with Crippen molar-refractivity contribution in [3.05, 3.63) is 0 Å². The maximum absolute atomic E-state index is 12.0. The Morgan fingerprint density at radius 2 is 2.25 bits per heavy atom. The standard InChI is InChI=1S/C10H18N2O3S/c1-12(9-3-5-16(11,14)7-9)10(13)8-2-4-15-6-8/h8-9,11H,2-7H2,1H3. The number of nitrogens with one attached hydrogen (secondary N) is 1. The zero-order valence-corrected chi connectivity index (χ0v) is 10.3. The van der Waals surface area contributed by atoms with Crippen LogP contribution in [-0.4, -0.2) is 52.8 Å². The Labute approximate surface area is 96.1 Å². The molecule has 6 heteroatoms. The second-order valence-corrected chi connectivity index (χ2v) is 7.00. The van der Waals surface area contributed by atoms with Gasteiger partial charge in [-0.15, -0.1) is 0 Å². The fraction of sp³-hybridized carbons (Fsp3) is 0.900. The molecule has 16 heavy (non-hydrogen) atoms. The first-order chi connectivity index (χ1) is 7.49. The first-order valence-corrected chi connectivity index (χ1v) is 7.48. The van der Waals surface area contributed by atoms with Crippen molar-refractivity contribution in [2.24, 2.45) is 5.92 Å². The predicted molar refractivity (Wildman–Crippen MR) is 60.7 cm³/mol. The molecule has 2 aliphatic heterocycles. The second kappa shape index (κ2) is 4.33. The summed E-state index contributed by atoms with van der Waals surface area (Å²) in [5, 5.41) is 0. The van der Waals surface area contributed by atoms with Crippen LogP contribution in [0.2, 0.25) is 0 Å². The number of amides is 1. The van der Waals surface area contributed by atoms with E-state index in [2.05, 4.69) is 0 Å². The van der Waals surface area contributed by atoms with Crippen LogP contribution in [0.15, 0.2) is 0 Å². The molecule has 1 N–H and O–H groups in total. The minimum atomic E-state index is -2.42. The van der Waals surface area contributed by atoms with E-state index in [1.54, 1.807) is 11.9 Å². The van der Waals surface area contributed by atoms with E-state index >= 15 is 0 Å². The second-order valence-electron chi connectivity index (χ2n) is 4.63. The largest absolute Gasteiger partial charge is 0.381 e. The van der Waals surface area contributed by atoms with Gasteiger partial charge in [0.15, 0.2) is 0 Å². The van der Waals surface area contributed by atoms with E-state index in [0.717, 1.165) is 6.42 Å². The summed E-state index contributed by atoms with van der Waals surface area (Å²) < 4.78 is 24.3. The highest BCUT2D eigenvalue weighted by molar-refractivity contribution is 7.92. The summed E-state index contributed by atoms with van der Waals surface area (Å²) in [6.45, 7) is 1.16. The first kappa shape index (κ1) is 11.9. The molecule has 5 nitrogen and oxygen atoms in total. The fourth-order valence-electron chi connectivity index (χ4n) is 2.31. The Kier molecular flexibility index (Phi) is 3.21. The van der Waals surface area contributed by atoms with E-state index in [4.69, 9.17) is 9.52 Å². The summed E-state index contributed by atoms with van der Waals surface area (Å²) in [5.41, 5.74) is 0. The van der Waals surface area contributed by atoms with Gasteiger partial charge in [-0.1, -0.05) is 0 Å². The smallest absolute Gasteiger partial charge is 0.228 e. The molecule has 0 aliphatic carbocycles. The van der Waals surface area contributed by atoms with Gasteiger partial charge in [0.25, 0.3) is 0 Å². The molecule has 92 valence electrons. The fourth-order valence-corrected chi connectivity index (χ4v) is 4.14. The molecule has 3 unspecified atom stereocenters. The quantitative estimate of drug-likeness (QED) is 0.762. The molecule has 0 radical (unpaired) electrons. The Bertz CT molecular complexity index is 374. The van der Waals surface area contributed by atoms with E-state index in [1.165, 1.54) is 0 Å². The summed E-state index contributed by atoms with van der Waals surface area (Å²) in [7, 11) is -0.667. The number of hydrogen-bond donors (Lipinski definition) is 1. The van der Waals surface area contributed by atoms with Crippen molar-refractivity contribution in [1.29, 1.82) is 4.78 Å². The molecule has 3 atom stereocenters. The third-order valence-electron chi connectivity index (χ3n) is 3.42. The molecule has 2 fully saturated rings. The zero-order chi connectivity index (χ0) is 11.8. The van der Waals surface area contributed by atoms with Crippen molar-refractivity contribution in [2.45, 2.75) is 18.9 Å². The average molecular weight is 246 g/mol. The molecule has 0 spiro atoms. The highest BCUT2D eigenvalue weighted by Gasteiger charge is 2.34. The van der Waals surface area contributed by atoms with Crippen molar-refractivity contribution >= 4 is 15.6 Å². The minimum Gasteiger partial charge on any atom is -0.381 e. The maximum atomic E-state index is 12.0. The van der Waals surface area contributed by atoms with Crippen LogP contribution >= 0.6 is 0 Å². The Hall–Kier alpha value is -0.620. The molecule has 0 aromatic rings. The van der Waals surface area contributed by atoms with Crippen LogP contribution in [0.3, 0.4) is 0 Å². The molecule has 2 saturated heterocycles. The van der Waals surface area contributed by atoms with Crippen LogP contribution in [0, 0.1) is 10.7 Å². The lowest BCUT2D eigenvalue weighted by atomic mass is 10.1. The van der Waals surface area contributed by atoms with E-state index in [1.807, 2.05) is 0 Å². The number of ether oxygens (including phenoxy) is 1. The van der Waals surface area contributed by atoms with Crippen molar-refractivity contribution in [2.75, 3.05) is 31.8 Å². The van der Waals surface area contributed by atoms with Crippen LogP contribution in [0.5, 0.6) is 0 Å². The predicted octanol–water partition coefficient (Wildman–Crippen LogP) is 0.300. The summed E-state index contributed by atoms with van der Waals surface area (Å²) in [4.78, 5) is 13.7. The third kappa shape index (κ3) is 2.38. The summed E-state index contributed by atoms with van der Waals surface area (Å²) in [6.07, 6.45) is 1.48. The Morgan fingerprint density at radius 3 is 2.75 bits per heavy atom. The van der Waals surface area contributed by atoms with Crippen molar-refractivity contribution in [3.8, 4) is 0 Å². The van der Waals surface area contributed by atoms with Gasteiger partial charge in [-0.3, -0.25) is 9.57 Å². The van der Waals surface area contributed by atoms with Crippen LogP contribution in [0.4, 0.5) is 0 Å². The molecule has 2 heterocycles. The summed E-state index contributed by atoms with van der Waals surface area (Å²) in [5.74, 6) is 0.811. The topological polar surface area (TPSA) is 70.5 Å². The molecule has 1 amide bonds. The Balaban J connectivity index is 1.97. The monoisotopic (exact) mass is 246 g/mol. The van der Waals surface area contributed by atoms with Gasteiger partial charge in [0.1, 0.15) is 0 Å². The van der Waals surface area contributed by atoms with Gasteiger partial charge in [-0.05, 0) is 12.8 Å². The van der Waals surface area contributed by atoms with Crippen LogP contribution in [0.1, 0.15) is 12.8 Å². The molecule has 0 aromatic heterocycles. The first-order valence-electron chi connectivity index (χ1n) is 5.58. The van der Waals surface area contributed by atoms with E-state index in [-0.39, 0.29) is 17.9 Å². The summed E-state index contributed by atoms with van der Waals surface area (Å²) in [6, 6.07) is -0.0156. The van der Waals surface area contributed by atoms with Gasteiger partial charge >= 0.3 is 0 Å². The maximum Gasteiger partial charge on any atom is 0.228 e. The highest BCUT2D eigenvalue weighted by Crippen LogP contribution is 2.21. The molecule has 0 aromatic carbocycles. The highest BCUT2D eigenvalue weighted by atomic mass is 32.2. The number of rotatable bonds is 2. The van der Waals surface area contributed by atoms with E-state index in [9.17, 15) is 9.00 Å². The molecular weight excluding hydrogens is 228 g/mol. The number of carbonyl (C=O) groups excluding carboxylic acids is 1. The van der Waals surface area contributed by atoms with Crippen LogP contribution < -0.4 is 0 Å². The van der Waals surface area contributed by atoms with Crippen LogP contribution in [-0.2, 0) is 19.3 Å².